The molecule has 17 heavy (non-hydrogen) atoms. The van der Waals surface area contributed by atoms with Crippen molar-refractivity contribution in [3.63, 3.8) is 0 Å². The third-order valence-electron chi connectivity index (χ3n) is 3.12. The third kappa shape index (κ3) is 6.00. The fourth-order valence-corrected chi connectivity index (χ4v) is 1.61. The number of carboxylic acids is 1. The largest absolute Gasteiger partial charge is 0.480 e. The van der Waals surface area contributed by atoms with E-state index in [1.807, 2.05) is 0 Å². The molecule has 0 aromatic rings. The molecule has 0 aromatic heterocycles. The predicted molar refractivity (Wildman–Crippen MR) is 68.3 cm³/mol. The van der Waals surface area contributed by atoms with E-state index in [1.165, 1.54) is 0 Å². The van der Waals surface area contributed by atoms with Gasteiger partial charge in [-0.05, 0) is 26.4 Å². The number of aliphatic carboxylic acids is 1. The Morgan fingerprint density at radius 3 is 2.41 bits per heavy atom. The summed E-state index contributed by atoms with van der Waals surface area (Å²) in [5.74, 6) is -0.825. The molecule has 0 aromatic carbocycles. The normalized spacial score (nSPS) is 14.9. The van der Waals surface area contributed by atoms with E-state index in [0.29, 0.717) is 19.6 Å². The van der Waals surface area contributed by atoms with Crippen molar-refractivity contribution in [2.24, 2.45) is 0 Å². The summed E-state index contributed by atoms with van der Waals surface area (Å²) in [7, 11) is 1.58. The number of hydrogen-bond acceptors (Lipinski definition) is 4. The molecule has 0 fully saturated rings. The summed E-state index contributed by atoms with van der Waals surface area (Å²) in [5, 5.41) is 12.3. The average Bonchev–Trinajstić information content (AvgIpc) is 2.32. The first kappa shape index (κ1) is 16.4. The molecule has 102 valence electrons. The molecule has 1 unspecified atom stereocenters. The second kappa shape index (κ2) is 8.44. The number of carbonyl (C=O) groups is 1. The Morgan fingerprint density at radius 1 is 1.41 bits per heavy atom. The van der Waals surface area contributed by atoms with Crippen LogP contribution in [0.25, 0.3) is 0 Å². The molecule has 5 heteroatoms. The first-order valence-electron chi connectivity index (χ1n) is 6.19. The minimum atomic E-state index is -0.900. The lowest BCUT2D eigenvalue weighted by atomic mass is 9.98. The minimum absolute atomic E-state index is 0.446. The topological polar surface area (TPSA) is 61.8 Å². The van der Waals surface area contributed by atoms with Gasteiger partial charge in [0.25, 0.3) is 0 Å². The number of methoxy groups -OCH3 is 1. The lowest BCUT2D eigenvalue weighted by Gasteiger charge is -2.28. The zero-order chi connectivity index (χ0) is 13.3. The number of ether oxygens (including phenoxy) is 1. The van der Waals surface area contributed by atoms with Crippen LogP contribution < -0.4 is 5.32 Å². The van der Waals surface area contributed by atoms with Crippen molar-refractivity contribution in [1.82, 2.24) is 10.2 Å². The molecule has 1 atom stereocenters. The van der Waals surface area contributed by atoms with Crippen LogP contribution in [0.1, 0.15) is 27.2 Å². The second-order valence-electron chi connectivity index (χ2n) is 4.33. The van der Waals surface area contributed by atoms with E-state index in [4.69, 9.17) is 4.74 Å². The van der Waals surface area contributed by atoms with Crippen molar-refractivity contribution in [3.8, 4) is 0 Å². The standard InChI is InChI=1S/C12H26N2O3/c1-5-14(6-2)9-8-13-12(3,11(15)16)7-10-17-4/h13H,5-10H2,1-4H3,(H,15,16). The first-order valence-corrected chi connectivity index (χ1v) is 6.19. The Labute approximate surface area is 104 Å². The monoisotopic (exact) mass is 246 g/mol. The van der Waals surface area contributed by atoms with Crippen LogP contribution in [0.2, 0.25) is 0 Å². The molecule has 0 aliphatic carbocycles. The van der Waals surface area contributed by atoms with Gasteiger partial charge < -0.3 is 20.1 Å². The van der Waals surface area contributed by atoms with Gasteiger partial charge in [-0.1, -0.05) is 13.8 Å². The van der Waals surface area contributed by atoms with Crippen LogP contribution in [0.3, 0.4) is 0 Å². The predicted octanol–water partition coefficient (Wildman–Crippen LogP) is 0.798. The quantitative estimate of drug-likeness (QED) is 0.597. The van der Waals surface area contributed by atoms with E-state index >= 15 is 0 Å². The molecule has 0 aliphatic heterocycles. The van der Waals surface area contributed by atoms with Crippen molar-refractivity contribution in [3.05, 3.63) is 0 Å². The van der Waals surface area contributed by atoms with Gasteiger partial charge in [0.2, 0.25) is 0 Å². The lowest BCUT2D eigenvalue weighted by molar-refractivity contribution is -0.145. The molecule has 0 radical (unpaired) electrons. The number of hydrogen-bond donors (Lipinski definition) is 2. The average molecular weight is 246 g/mol. The highest BCUT2D eigenvalue weighted by molar-refractivity contribution is 5.78. The molecule has 0 rings (SSSR count). The van der Waals surface area contributed by atoms with Gasteiger partial charge in [0.1, 0.15) is 5.54 Å². The molecule has 0 aliphatic rings. The van der Waals surface area contributed by atoms with Gasteiger partial charge in [0.05, 0.1) is 0 Å². The molecule has 0 saturated heterocycles. The summed E-state index contributed by atoms with van der Waals surface area (Å²) >= 11 is 0. The van der Waals surface area contributed by atoms with Crippen molar-refractivity contribution in [1.29, 1.82) is 0 Å². The fourth-order valence-electron chi connectivity index (χ4n) is 1.61. The molecule has 2 N–H and O–H groups in total. The van der Waals surface area contributed by atoms with Crippen LogP contribution in [0.15, 0.2) is 0 Å². The number of carboxylic acid groups (broad SMARTS) is 1. The smallest absolute Gasteiger partial charge is 0.323 e. The summed E-state index contributed by atoms with van der Waals surface area (Å²) in [5.41, 5.74) is -0.900. The lowest BCUT2D eigenvalue weighted by Crippen LogP contribution is -2.52. The zero-order valence-corrected chi connectivity index (χ0v) is 11.5. The molecule has 0 bridgehead atoms. The summed E-state index contributed by atoms with van der Waals surface area (Å²) in [6.45, 7) is 9.87. The van der Waals surface area contributed by atoms with E-state index in [0.717, 1.165) is 19.6 Å². The van der Waals surface area contributed by atoms with Gasteiger partial charge in [-0.2, -0.15) is 0 Å². The molecule has 0 amide bonds. The fraction of sp³-hybridized carbons (Fsp3) is 0.917. The maximum Gasteiger partial charge on any atom is 0.323 e. The van der Waals surface area contributed by atoms with Gasteiger partial charge in [0.15, 0.2) is 0 Å². The van der Waals surface area contributed by atoms with E-state index < -0.39 is 11.5 Å². The van der Waals surface area contributed by atoms with Gasteiger partial charge in [-0.25, -0.2) is 0 Å². The summed E-state index contributed by atoms with van der Waals surface area (Å²) < 4.78 is 4.94. The highest BCUT2D eigenvalue weighted by Crippen LogP contribution is 2.09. The van der Waals surface area contributed by atoms with Gasteiger partial charge >= 0.3 is 5.97 Å². The van der Waals surface area contributed by atoms with Crippen molar-refractivity contribution < 1.29 is 14.6 Å². The number of likely N-dealkylation sites (N-methyl/N-ethyl adjacent to an activating group) is 1. The van der Waals surface area contributed by atoms with Gasteiger partial charge in [-0.15, -0.1) is 0 Å². The summed E-state index contributed by atoms with van der Waals surface area (Å²) in [6, 6.07) is 0. The summed E-state index contributed by atoms with van der Waals surface area (Å²) in [4.78, 5) is 13.5. The van der Waals surface area contributed by atoms with Crippen LogP contribution >= 0.6 is 0 Å². The minimum Gasteiger partial charge on any atom is -0.480 e. The highest BCUT2D eigenvalue weighted by Gasteiger charge is 2.31. The number of nitrogens with zero attached hydrogens (tertiary/aromatic N) is 1. The SMILES string of the molecule is CCN(CC)CCNC(C)(CCOC)C(=O)O. The van der Waals surface area contributed by atoms with E-state index in [1.54, 1.807) is 14.0 Å². The maximum atomic E-state index is 11.2. The van der Waals surface area contributed by atoms with Crippen LogP contribution in [-0.4, -0.2) is 61.4 Å². The van der Waals surface area contributed by atoms with E-state index in [2.05, 4.69) is 24.1 Å². The Balaban J connectivity index is 4.12. The Morgan fingerprint density at radius 2 is 2.00 bits per heavy atom. The van der Waals surface area contributed by atoms with Crippen molar-refractivity contribution in [2.75, 3.05) is 39.9 Å². The first-order chi connectivity index (χ1) is 8.00. The molecule has 0 saturated carbocycles. The molecule has 0 heterocycles. The molecule has 0 spiro atoms. The number of nitrogens with one attached hydrogen (secondary N) is 1. The Kier molecular flexibility index (Phi) is 8.12. The molecule has 5 nitrogen and oxygen atoms in total. The van der Waals surface area contributed by atoms with E-state index in [-0.39, 0.29) is 0 Å². The molecular weight excluding hydrogens is 220 g/mol. The van der Waals surface area contributed by atoms with Crippen LogP contribution in [0.5, 0.6) is 0 Å². The maximum absolute atomic E-state index is 11.2. The zero-order valence-electron chi connectivity index (χ0n) is 11.5. The van der Waals surface area contributed by atoms with Crippen LogP contribution in [0.4, 0.5) is 0 Å². The van der Waals surface area contributed by atoms with Gasteiger partial charge in [0, 0.05) is 26.8 Å². The van der Waals surface area contributed by atoms with Crippen molar-refractivity contribution >= 4 is 5.97 Å². The third-order valence-corrected chi connectivity index (χ3v) is 3.12. The van der Waals surface area contributed by atoms with Crippen molar-refractivity contribution in [2.45, 2.75) is 32.7 Å². The van der Waals surface area contributed by atoms with Gasteiger partial charge in [-0.3, -0.25) is 4.79 Å². The number of rotatable bonds is 10. The Bertz CT molecular complexity index is 220. The molecular formula is C12H26N2O3. The van der Waals surface area contributed by atoms with Crippen LogP contribution in [0, 0.1) is 0 Å². The highest BCUT2D eigenvalue weighted by atomic mass is 16.5. The summed E-state index contributed by atoms with van der Waals surface area (Å²) in [6.07, 6.45) is 0.469. The second-order valence-corrected chi connectivity index (χ2v) is 4.33. The van der Waals surface area contributed by atoms with Crippen LogP contribution in [-0.2, 0) is 9.53 Å². The van der Waals surface area contributed by atoms with E-state index in [9.17, 15) is 9.90 Å². The Hall–Kier alpha value is -0.650.